The van der Waals surface area contributed by atoms with Gasteiger partial charge in [0, 0.05) is 36.2 Å². The lowest BCUT2D eigenvalue weighted by molar-refractivity contribution is -0.117. The molecule has 3 aromatic rings. The van der Waals surface area contributed by atoms with Crippen LogP contribution in [0.15, 0.2) is 30.5 Å². The van der Waals surface area contributed by atoms with Crippen molar-refractivity contribution in [3.05, 3.63) is 41.0 Å². The molecule has 0 bridgehead atoms. The van der Waals surface area contributed by atoms with Crippen molar-refractivity contribution in [2.45, 2.75) is 19.3 Å². The van der Waals surface area contributed by atoms with E-state index in [1.165, 1.54) is 24.5 Å². The van der Waals surface area contributed by atoms with Gasteiger partial charge in [-0.3, -0.25) is 14.4 Å². The van der Waals surface area contributed by atoms with Crippen molar-refractivity contribution in [2.75, 3.05) is 37.8 Å². The van der Waals surface area contributed by atoms with Gasteiger partial charge in [-0.15, -0.1) is 21.5 Å². The van der Waals surface area contributed by atoms with Crippen LogP contribution in [0.5, 0.6) is 5.75 Å². The number of benzene rings is 1. The van der Waals surface area contributed by atoms with Crippen molar-refractivity contribution in [3.63, 3.8) is 0 Å². The number of nitrogens with one attached hydrogen (secondary N) is 3. The van der Waals surface area contributed by atoms with E-state index in [1.54, 1.807) is 29.3 Å². The molecule has 3 amide bonds. The molecule has 0 radical (unpaired) electrons. The van der Waals surface area contributed by atoms with Crippen LogP contribution >= 0.6 is 11.3 Å². The smallest absolute Gasteiger partial charge is 0.273 e. The lowest BCUT2D eigenvalue weighted by Crippen LogP contribution is -2.41. The van der Waals surface area contributed by atoms with E-state index < -0.39 is 12.9 Å². The monoisotopic (exact) mass is 510 g/mol. The first-order valence-electron chi connectivity index (χ1n) is 12.8. The summed E-state index contributed by atoms with van der Waals surface area (Å²) < 4.78 is 27.8. The number of para-hydroxylation sites is 1. The van der Waals surface area contributed by atoms with Crippen LogP contribution in [0.1, 0.15) is 43.5 Å². The number of amides is 3. The molecule has 36 heavy (non-hydrogen) atoms. The Balaban J connectivity index is 1.47. The summed E-state index contributed by atoms with van der Waals surface area (Å²) in [6.45, 7) is -1.28. The van der Waals surface area contributed by atoms with Crippen LogP contribution in [0.25, 0.3) is 10.6 Å². The minimum absolute atomic E-state index is 0.0632. The molecular formula is C24H25N7O4S. The van der Waals surface area contributed by atoms with Gasteiger partial charge in [-0.25, -0.2) is 4.98 Å². The Bertz CT molecular complexity index is 1440. The molecule has 1 saturated carbocycles. The summed E-state index contributed by atoms with van der Waals surface area (Å²) >= 11 is 1.24. The highest BCUT2D eigenvalue weighted by atomic mass is 32.1. The minimum Gasteiger partial charge on any atom is -0.494 e. The van der Waals surface area contributed by atoms with Gasteiger partial charge in [0.05, 0.1) is 30.2 Å². The highest BCUT2D eigenvalue weighted by Gasteiger charge is 2.30. The molecule has 11 nitrogen and oxygen atoms in total. The second-order valence-corrected chi connectivity index (χ2v) is 9.43. The molecule has 2 fully saturated rings. The number of hydrogen-bond acceptors (Lipinski definition) is 9. The number of carbonyl (C=O) groups is 3. The van der Waals surface area contributed by atoms with Gasteiger partial charge in [0.15, 0.2) is 17.3 Å². The lowest BCUT2D eigenvalue weighted by Gasteiger charge is -2.30. The predicted octanol–water partition coefficient (Wildman–Crippen LogP) is 2.91. The molecule has 2 aliphatic rings. The maximum absolute atomic E-state index is 12.7. The second-order valence-electron chi connectivity index (χ2n) is 8.40. The Morgan fingerprint density at radius 2 is 2.03 bits per heavy atom. The third kappa shape index (κ3) is 4.71. The zero-order valence-corrected chi connectivity index (χ0v) is 20.1. The van der Waals surface area contributed by atoms with Crippen LogP contribution in [-0.2, 0) is 4.79 Å². The van der Waals surface area contributed by atoms with Gasteiger partial charge in [-0.2, -0.15) is 0 Å². The zero-order chi connectivity index (χ0) is 27.7. The zero-order valence-electron chi connectivity index (χ0n) is 22.3. The molecule has 1 aliphatic heterocycles. The number of aromatic nitrogens is 3. The first-order chi connectivity index (χ1) is 18.6. The molecule has 0 spiro atoms. The molecular weight excluding hydrogens is 482 g/mol. The summed E-state index contributed by atoms with van der Waals surface area (Å²) in [7, 11) is 1.47. The Hall–Kier alpha value is -4.06. The van der Waals surface area contributed by atoms with Crippen LogP contribution in [0, 0.1) is 5.92 Å². The Labute approximate surface area is 215 Å². The quantitative estimate of drug-likeness (QED) is 0.421. The van der Waals surface area contributed by atoms with E-state index in [-0.39, 0.29) is 34.9 Å². The first-order valence-corrected chi connectivity index (χ1v) is 12.1. The fourth-order valence-corrected chi connectivity index (χ4v) is 4.60. The van der Waals surface area contributed by atoms with Crippen molar-refractivity contribution >= 4 is 46.3 Å². The van der Waals surface area contributed by atoms with Crippen LogP contribution in [0.2, 0.25) is 0 Å². The third-order valence-electron chi connectivity index (χ3n) is 5.90. The number of anilines is 3. The summed E-state index contributed by atoms with van der Waals surface area (Å²) in [5.74, 6) is -0.862. The number of nitrogens with zero attached hydrogens (tertiary/aromatic N) is 4. The van der Waals surface area contributed by atoms with Crippen LogP contribution in [0.4, 0.5) is 17.2 Å². The molecule has 0 unspecified atom stereocenters. The van der Waals surface area contributed by atoms with Gasteiger partial charge in [0.1, 0.15) is 9.88 Å². The maximum Gasteiger partial charge on any atom is 0.273 e. The topological polar surface area (TPSA) is 138 Å². The fraction of sp³-hybridized carbons (Fsp3) is 0.333. The van der Waals surface area contributed by atoms with Crippen molar-refractivity contribution in [1.29, 1.82) is 0 Å². The molecule has 1 aromatic carbocycles. The van der Waals surface area contributed by atoms with Crippen molar-refractivity contribution < 1.29 is 23.2 Å². The van der Waals surface area contributed by atoms with Gasteiger partial charge in [-0.05, 0) is 31.4 Å². The van der Waals surface area contributed by atoms with Crippen molar-refractivity contribution in [3.8, 4) is 16.3 Å². The lowest BCUT2D eigenvalue weighted by atomic mass is 10.1. The van der Waals surface area contributed by atoms with Crippen LogP contribution in [-0.4, -0.2) is 65.0 Å². The van der Waals surface area contributed by atoms with E-state index in [0.29, 0.717) is 26.9 Å². The van der Waals surface area contributed by atoms with E-state index in [0.717, 1.165) is 32.4 Å². The van der Waals surface area contributed by atoms with Gasteiger partial charge in [0.2, 0.25) is 5.91 Å². The van der Waals surface area contributed by atoms with E-state index >= 15 is 0 Å². The van der Waals surface area contributed by atoms with E-state index in [9.17, 15) is 14.4 Å². The summed E-state index contributed by atoms with van der Waals surface area (Å²) in [5, 5.41) is 16.0. The van der Waals surface area contributed by atoms with Crippen molar-refractivity contribution in [1.82, 2.24) is 25.4 Å². The van der Waals surface area contributed by atoms with Gasteiger partial charge < -0.3 is 25.6 Å². The molecule has 186 valence electrons. The minimum atomic E-state index is -2.75. The summed E-state index contributed by atoms with van der Waals surface area (Å²) in [5.41, 5.74) is 0.824. The first kappa shape index (κ1) is 20.2. The number of hydrogen-bond donors (Lipinski definition) is 3. The molecule has 0 atom stereocenters. The van der Waals surface area contributed by atoms with Crippen molar-refractivity contribution in [2.24, 2.45) is 5.92 Å². The molecule has 1 aliphatic carbocycles. The predicted molar refractivity (Wildman–Crippen MR) is 135 cm³/mol. The molecule has 12 heteroatoms. The molecule has 5 rings (SSSR count). The normalized spacial score (nSPS) is 16.1. The fourth-order valence-electron chi connectivity index (χ4n) is 3.69. The van der Waals surface area contributed by atoms with Crippen LogP contribution < -0.4 is 20.7 Å². The Morgan fingerprint density at radius 3 is 2.72 bits per heavy atom. The standard InChI is InChI=1S/C24H25N7O4S/c1-25-22(33)19-16(11-18(29-30-19)28-21(32)13-7-8-13)27-15-6-3-5-14(20(15)35-2)23-26-12-17(36-23)24(34)31-9-4-10-31/h3,5-6,11-13H,4,7-10H2,1-2H3,(H,25,33)(H2,27,28,29,32)/i1D3. The number of rotatable bonds is 8. The number of methoxy groups -OCH3 is 1. The highest BCUT2D eigenvalue weighted by molar-refractivity contribution is 7.17. The van der Waals surface area contributed by atoms with Crippen LogP contribution in [0.3, 0.4) is 0 Å². The van der Waals surface area contributed by atoms with Gasteiger partial charge in [0.25, 0.3) is 11.8 Å². The Morgan fingerprint density at radius 1 is 1.19 bits per heavy atom. The molecule has 2 aromatic heterocycles. The second kappa shape index (κ2) is 9.90. The average molecular weight is 511 g/mol. The van der Waals surface area contributed by atoms with Gasteiger partial charge >= 0.3 is 0 Å². The molecule has 3 heterocycles. The average Bonchev–Trinajstić information content (AvgIpc) is 3.58. The third-order valence-corrected chi connectivity index (χ3v) is 6.92. The SMILES string of the molecule is [2H]C([2H])([2H])NC(=O)c1nnc(NC(=O)C2CC2)cc1Nc1cccc(-c2ncc(C(=O)N3CCC3)s2)c1OC. The number of thiazole rings is 1. The number of ether oxygens (including phenoxy) is 1. The maximum atomic E-state index is 12.7. The van der Waals surface area contributed by atoms with Gasteiger partial charge in [-0.1, -0.05) is 6.07 Å². The largest absolute Gasteiger partial charge is 0.494 e. The van der Waals surface area contributed by atoms with E-state index in [2.05, 4.69) is 25.8 Å². The molecule has 3 N–H and O–H groups in total. The summed E-state index contributed by atoms with van der Waals surface area (Å²) in [4.78, 5) is 44.3. The Kier molecular flexibility index (Phi) is 5.54. The van der Waals surface area contributed by atoms with E-state index in [4.69, 9.17) is 8.85 Å². The highest BCUT2D eigenvalue weighted by Crippen LogP contribution is 2.40. The summed E-state index contributed by atoms with van der Waals surface area (Å²) in [6, 6.07) is 6.62. The number of carbonyl (C=O) groups excluding carboxylic acids is 3. The summed E-state index contributed by atoms with van der Waals surface area (Å²) in [6.07, 6.45) is 4.10. The van der Waals surface area contributed by atoms with E-state index in [1.807, 2.05) is 5.32 Å². The molecule has 1 saturated heterocycles. The number of likely N-dealkylation sites (tertiary alicyclic amines) is 1.